The SMILES string of the molecule is CCCNC(=O)CCO[C@@H](c1cccc(Cl)c1)[C@@H]1CCCN(C(=O)N[C@H](CNC)CC2CCCCC2)C1. The van der Waals surface area contributed by atoms with E-state index in [0.29, 0.717) is 37.1 Å². The van der Waals surface area contributed by atoms with Crippen LogP contribution in [-0.2, 0) is 9.53 Å². The molecule has 0 radical (unpaired) electrons. The summed E-state index contributed by atoms with van der Waals surface area (Å²) in [5.41, 5.74) is 0.999. The molecule has 0 spiro atoms. The van der Waals surface area contributed by atoms with E-state index >= 15 is 0 Å². The summed E-state index contributed by atoms with van der Waals surface area (Å²) in [4.78, 5) is 27.4. The molecule has 0 aromatic heterocycles. The molecule has 208 valence electrons. The van der Waals surface area contributed by atoms with E-state index in [-0.39, 0.29) is 30.0 Å². The van der Waals surface area contributed by atoms with Crippen LogP contribution in [0.2, 0.25) is 5.02 Å². The fourth-order valence-electron chi connectivity index (χ4n) is 5.79. The van der Waals surface area contributed by atoms with Crippen LogP contribution in [-0.4, -0.2) is 62.7 Å². The Bertz CT molecular complexity index is 833. The Hall–Kier alpha value is -1.83. The minimum atomic E-state index is -0.219. The number of likely N-dealkylation sites (tertiary alicyclic amines) is 1. The molecule has 0 bridgehead atoms. The van der Waals surface area contributed by atoms with Crippen molar-refractivity contribution >= 4 is 23.5 Å². The molecule has 37 heavy (non-hydrogen) atoms. The number of urea groups is 1. The number of likely N-dealkylation sites (N-methyl/N-ethyl adjacent to an activating group) is 1. The van der Waals surface area contributed by atoms with Crippen molar-refractivity contribution in [3.8, 4) is 0 Å². The highest BCUT2D eigenvalue weighted by Crippen LogP contribution is 2.34. The summed E-state index contributed by atoms with van der Waals surface area (Å²) in [7, 11) is 1.95. The van der Waals surface area contributed by atoms with Gasteiger partial charge in [0.1, 0.15) is 0 Å². The lowest BCUT2D eigenvalue weighted by molar-refractivity contribution is -0.123. The number of carbonyl (C=O) groups excluding carboxylic acids is 2. The van der Waals surface area contributed by atoms with Crippen molar-refractivity contribution in [2.24, 2.45) is 11.8 Å². The molecule has 1 aromatic rings. The van der Waals surface area contributed by atoms with Crippen LogP contribution >= 0.6 is 11.6 Å². The zero-order valence-corrected chi connectivity index (χ0v) is 23.5. The molecule has 7 nitrogen and oxygen atoms in total. The maximum Gasteiger partial charge on any atom is 0.317 e. The maximum absolute atomic E-state index is 13.4. The number of amides is 3. The molecule has 8 heteroatoms. The minimum absolute atomic E-state index is 0.00452. The number of hydrogen-bond acceptors (Lipinski definition) is 4. The van der Waals surface area contributed by atoms with E-state index in [9.17, 15) is 9.59 Å². The second-order valence-corrected chi connectivity index (χ2v) is 11.2. The third kappa shape index (κ3) is 10.1. The Kier molecular flexibility index (Phi) is 13.0. The number of nitrogens with zero attached hydrogens (tertiary/aromatic N) is 1. The Morgan fingerprint density at radius 2 is 1.97 bits per heavy atom. The first-order chi connectivity index (χ1) is 18.0. The first kappa shape index (κ1) is 29.7. The highest BCUT2D eigenvalue weighted by Gasteiger charge is 2.32. The lowest BCUT2D eigenvalue weighted by Gasteiger charge is -2.38. The molecule has 3 N–H and O–H groups in total. The molecular formula is C29H47ClN4O3. The number of ether oxygens (including phenoxy) is 1. The lowest BCUT2D eigenvalue weighted by atomic mass is 9.85. The number of halogens is 1. The largest absolute Gasteiger partial charge is 0.373 e. The van der Waals surface area contributed by atoms with Gasteiger partial charge in [-0.15, -0.1) is 0 Å². The zero-order valence-electron chi connectivity index (χ0n) is 22.8. The summed E-state index contributed by atoms with van der Waals surface area (Å²) in [5, 5.41) is 10.2. The first-order valence-corrected chi connectivity index (χ1v) is 14.7. The van der Waals surface area contributed by atoms with E-state index in [1.54, 1.807) is 0 Å². The van der Waals surface area contributed by atoms with Gasteiger partial charge in [-0.25, -0.2) is 4.79 Å². The molecule has 3 rings (SSSR count). The van der Waals surface area contributed by atoms with Gasteiger partial charge in [-0.3, -0.25) is 4.79 Å². The summed E-state index contributed by atoms with van der Waals surface area (Å²) in [6, 6.07) is 7.92. The Labute approximate surface area is 228 Å². The highest BCUT2D eigenvalue weighted by molar-refractivity contribution is 6.30. The summed E-state index contributed by atoms with van der Waals surface area (Å²) in [5.74, 6) is 0.847. The lowest BCUT2D eigenvalue weighted by Crippen LogP contribution is -2.52. The van der Waals surface area contributed by atoms with Crippen LogP contribution in [0.5, 0.6) is 0 Å². The standard InChI is InChI=1S/C29H47ClN4O3/c1-3-15-32-27(35)14-17-37-28(23-11-7-13-25(30)19-23)24-12-8-16-34(21-24)29(36)33-26(20-31-2)18-22-9-5-4-6-10-22/h7,11,13,19,22,24,26,28,31H,3-6,8-10,12,14-18,20-21H2,1-2H3,(H,32,35)(H,33,36)/t24-,26+,28+/m1/s1. The van der Waals surface area contributed by atoms with Crippen LogP contribution < -0.4 is 16.0 Å². The summed E-state index contributed by atoms with van der Waals surface area (Å²) >= 11 is 6.32. The smallest absolute Gasteiger partial charge is 0.317 e. The topological polar surface area (TPSA) is 82.7 Å². The van der Waals surface area contributed by atoms with Crippen molar-refractivity contribution in [3.63, 3.8) is 0 Å². The predicted molar refractivity (Wildman–Crippen MR) is 150 cm³/mol. The molecule has 0 unspecified atom stereocenters. The molecule has 1 saturated carbocycles. The fourth-order valence-corrected chi connectivity index (χ4v) is 5.99. The van der Waals surface area contributed by atoms with Crippen molar-refractivity contribution in [3.05, 3.63) is 34.9 Å². The number of nitrogens with one attached hydrogen (secondary N) is 3. The van der Waals surface area contributed by atoms with Crippen LogP contribution in [0.3, 0.4) is 0 Å². The molecule has 1 saturated heterocycles. The zero-order chi connectivity index (χ0) is 26.5. The average Bonchev–Trinajstić information content (AvgIpc) is 2.90. The van der Waals surface area contributed by atoms with Gasteiger partial charge in [0, 0.05) is 49.6 Å². The average molecular weight is 535 g/mol. The van der Waals surface area contributed by atoms with Gasteiger partial charge in [0.05, 0.1) is 12.7 Å². The first-order valence-electron chi connectivity index (χ1n) is 14.3. The number of hydrogen-bond donors (Lipinski definition) is 3. The fraction of sp³-hybridized carbons (Fsp3) is 0.724. The minimum Gasteiger partial charge on any atom is -0.373 e. The number of carbonyl (C=O) groups is 2. The third-order valence-electron chi connectivity index (χ3n) is 7.67. The van der Waals surface area contributed by atoms with Crippen molar-refractivity contribution in [1.29, 1.82) is 0 Å². The second kappa shape index (κ2) is 16.2. The second-order valence-electron chi connectivity index (χ2n) is 10.7. The molecule has 1 aliphatic heterocycles. The van der Waals surface area contributed by atoms with Crippen LogP contribution in [0.25, 0.3) is 0 Å². The summed E-state index contributed by atoms with van der Waals surface area (Å²) < 4.78 is 6.33. The molecular weight excluding hydrogens is 488 g/mol. The summed E-state index contributed by atoms with van der Waals surface area (Å²) in [6.45, 7) is 5.21. The molecule has 3 amide bonds. The van der Waals surface area contributed by atoms with Gasteiger partial charge in [-0.2, -0.15) is 0 Å². The Balaban J connectivity index is 1.62. The van der Waals surface area contributed by atoms with Crippen molar-refractivity contribution in [2.75, 3.05) is 39.8 Å². The number of rotatable bonds is 13. The van der Waals surface area contributed by atoms with Gasteiger partial charge >= 0.3 is 6.03 Å². The van der Waals surface area contributed by atoms with Crippen LogP contribution in [0.15, 0.2) is 24.3 Å². The van der Waals surface area contributed by atoms with Gasteiger partial charge in [0.2, 0.25) is 5.91 Å². The van der Waals surface area contributed by atoms with Gasteiger partial charge in [-0.05, 0) is 56.3 Å². The number of benzene rings is 1. The predicted octanol–water partition coefficient (Wildman–Crippen LogP) is 5.29. The van der Waals surface area contributed by atoms with Crippen LogP contribution in [0, 0.1) is 11.8 Å². The molecule has 1 aromatic carbocycles. The van der Waals surface area contributed by atoms with Crippen molar-refractivity contribution < 1.29 is 14.3 Å². The van der Waals surface area contributed by atoms with E-state index in [0.717, 1.165) is 44.3 Å². The quantitative estimate of drug-likeness (QED) is 0.321. The number of piperidine rings is 1. The van der Waals surface area contributed by atoms with Gasteiger partial charge < -0.3 is 25.6 Å². The van der Waals surface area contributed by atoms with Crippen LogP contribution in [0.4, 0.5) is 4.79 Å². The maximum atomic E-state index is 13.4. The van der Waals surface area contributed by atoms with Crippen molar-refractivity contribution in [1.82, 2.24) is 20.9 Å². The molecule has 1 heterocycles. The third-order valence-corrected chi connectivity index (χ3v) is 7.90. The Morgan fingerprint density at radius 1 is 1.16 bits per heavy atom. The molecule has 2 fully saturated rings. The van der Waals surface area contributed by atoms with Crippen molar-refractivity contribution in [2.45, 2.75) is 83.3 Å². The monoisotopic (exact) mass is 534 g/mol. The van der Waals surface area contributed by atoms with E-state index in [4.69, 9.17) is 16.3 Å². The van der Waals surface area contributed by atoms with E-state index in [1.807, 2.05) is 43.1 Å². The van der Waals surface area contributed by atoms with Gasteiger partial charge in [0.15, 0.2) is 0 Å². The van der Waals surface area contributed by atoms with E-state index in [1.165, 1.54) is 32.1 Å². The normalized spacial score (nSPS) is 20.3. The Morgan fingerprint density at radius 3 is 2.70 bits per heavy atom. The van der Waals surface area contributed by atoms with Crippen LogP contribution in [0.1, 0.15) is 82.8 Å². The van der Waals surface area contributed by atoms with Gasteiger partial charge in [-0.1, -0.05) is 62.8 Å². The molecule has 2 aliphatic rings. The summed E-state index contributed by atoms with van der Waals surface area (Å²) in [6.07, 6.45) is 10.4. The molecule has 1 aliphatic carbocycles. The highest BCUT2D eigenvalue weighted by atomic mass is 35.5. The van der Waals surface area contributed by atoms with Gasteiger partial charge in [0.25, 0.3) is 0 Å². The van der Waals surface area contributed by atoms with E-state index in [2.05, 4.69) is 16.0 Å². The molecule has 3 atom stereocenters. The van der Waals surface area contributed by atoms with E-state index < -0.39 is 0 Å².